The molecule has 0 spiro atoms. The molecule has 3 atom stereocenters. The van der Waals surface area contributed by atoms with E-state index in [2.05, 4.69) is 10.6 Å². The number of piperidine rings is 1. The molecule has 1 aromatic carbocycles. The van der Waals surface area contributed by atoms with Crippen molar-refractivity contribution < 1.29 is 19.5 Å². The molecule has 1 fully saturated rings. The van der Waals surface area contributed by atoms with E-state index >= 15 is 0 Å². The molecule has 1 saturated heterocycles. The first-order valence-corrected chi connectivity index (χ1v) is 9.37. The van der Waals surface area contributed by atoms with Gasteiger partial charge in [0.15, 0.2) is 0 Å². The number of likely N-dealkylation sites (tertiary alicyclic amines) is 1. The minimum atomic E-state index is -0.881. The highest BCUT2D eigenvalue weighted by molar-refractivity contribution is 5.87. The van der Waals surface area contributed by atoms with Crippen LogP contribution in [0.4, 0.5) is 4.79 Å². The third-order valence-corrected chi connectivity index (χ3v) is 4.84. The lowest BCUT2D eigenvalue weighted by atomic mass is 9.89. The highest BCUT2D eigenvalue weighted by Gasteiger charge is 2.36. The Hall–Kier alpha value is -2.57. The first kappa shape index (κ1) is 20.7. The van der Waals surface area contributed by atoms with Crippen molar-refractivity contribution in [2.45, 2.75) is 39.8 Å². The van der Waals surface area contributed by atoms with Gasteiger partial charge >= 0.3 is 12.0 Å². The fraction of sp³-hybridized carbons (Fsp3) is 0.550. The number of amides is 3. The van der Waals surface area contributed by atoms with Gasteiger partial charge in [-0.2, -0.15) is 0 Å². The summed E-state index contributed by atoms with van der Waals surface area (Å²) < 4.78 is 0. The van der Waals surface area contributed by atoms with Gasteiger partial charge in [0.1, 0.15) is 6.04 Å². The number of carbonyl (C=O) groups is 3. The van der Waals surface area contributed by atoms with Gasteiger partial charge in [0, 0.05) is 19.6 Å². The van der Waals surface area contributed by atoms with Gasteiger partial charge in [0.25, 0.3) is 0 Å². The summed E-state index contributed by atoms with van der Waals surface area (Å²) >= 11 is 0. The van der Waals surface area contributed by atoms with E-state index in [0.29, 0.717) is 19.5 Å². The minimum Gasteiger partial charge on any atom is -0.481 e. The summed E-state index contributed by atoms with van der Waals surface area (Å²) in [4.78, 5) is 38.2. The Morgan fingerprint density at radius 2 is 1.85 bits per heavy atom. The first-order valence-electron chi connectivity index (χ1n) is 9.37. The summed E-state index contributed by atoms with van der Waals surface area (Å²) in [7, 11) is 0. The number of carboxylic acid groups (broad SMARTS) is 1. The molecule has 0 aromatic heterocycles. The molecule has 27 heavy (non-hydrogen) atoms. The van der Waals surface area contributed by atoms with Crippen molar-refractivity contribution in [2.24, 2.45) is 17.8 Å². The average Bonchev–Trinajstić information content (AvgIpc) is 2.64. The Labute approximate surface area is 160 Å². The Kier molecular flexibility index (Phi) is 7.21. The molecular weight excluding hydrogens is 346 g/mol. The number of benzene rings is 1. The predicted molar refractivity (Wildman–Crippen MR) is 102 cm³/mol. The summed E-state index contributed by atoms with van der Waals surface area (Å²) in [5, 5.41) is 14.8. The molecule has 3 N–H and O–H groups in total. The van der Waals surface area contributed by atoms with E-state index in [9.17, 15) is 19.5 Å². The SMILES string of the molecule is CC1CC(C(=O)O)CN(C(=O)C(NC(=O)NCc2ccccc2)C(C)C)C1. The number of urea groups is 1. The highest BCUT2D eigenvalue weighted by Crippen LogP contribution is 2.23. The smallest absolute Gasteiger partial charge is 0.315 e. The van der Waals surface area contributed by atoms with Gasteiger partial charge in [0.2, 0.25) is 5.91 Å². The molecule has 3 unspecified atom stereocenters. The van der Waals surface area contributed by atoms with E-state index in [0.717, 1.165) is 5.56 Å². The van der Waals surface area contributed by atoms with E-state index in [4.69, 9.17) is 0 Å². The van der Waals surface area contributed by atoms with Crippen molar-refractivity contribution in [1.82, 2.24) is 15.5 Å². The van der Waals surface area contributed by atoms with Crippen LogP contribution in [0.2, 0.25) is 0 Å². The molecule has 7 heteroatoms. The number of rotatable bonds is 6. The van der Waals surface area contributed by atoms with E-state index < -0.39 is 24.0 Å². The van der Waals surface area contributed by atoms with Gasteiger partial charge in [-0.05, 0) is 23.8 Å². The van der Waals surface area contributed by atoms with Crippen LogP contribution in [0, 0.1) is 17.8 Å². The number of nitrogens with one attached hydrogen (secondary N) is 2. The number of carboxylic acids is 1. The second-order valence-corrected chi connectivity index (χ2v) is 7.65. The number of nitrogens with zero attached hydrogens (tertiary/aromatic N) is 1. The van der Waals surface area contributed by atoms with Gasteiger partial charge in [-0.3, -0.25) is 9.59 Å². The van der Waals surface area contributed by atoms with Crippen molar-refractivity contribution in [3.63, 3.8) is 0 Å². The number of aliphatic carboxylic acids is 1. The van der Waals surface area contributed by atoms with Crippen LogP contribution in [-0.4, -0.2) is 47.0 Å². The van der Waals surface area contributed by atoms with E-state index in [-0.39, 0.29) is 24.3 Å². The van der Waals surface area contributed by atoms with Crippen LogP contribution < -0.4 is 10.6 Å². The lowest BCUT2D eigenvalue weighted by Gasteiger charge is -2.37. The Balaban J connectivity index is 1.97. The molecule has 2 rings (SSSR count). The van der Waals surface area contributed by atoms with E-state index in [1.807, 2.05) is 51.1 Å². The monoisotopic (exact) mass is 375 g/mol. The van der Waals surface area contributed by atoms with Crippen LogP contribution in [0.3, 0.4) is 0 Å². The van der Waals surface area contributed by atoms with Crippen molar-refractivity contribution in [1.29, 1.82) is 0 Å². The molecule has 148 valence electrons. The fourth-order valence-corrected chi connectivity index (χ4v) is 3.39. The van der Waals surface area contributed by atoms with Crippen LogP contribution in [-0.2, 0) is 16.1 Å². The first-order chi connectivity index (χ1) is 12.8. The minimum absolute atomic E-state index is 0.111. The molecule has 0 aliphatic carbocycles. The Morgan fingerprint density at radius 3 is 2.44 bits per heavy atom. The highest BCUT2D eigenvalue weighted by atomic mass is 16.4. The second kappa shape index (κ2) is 9.39. The van der Waals surface area contributed by atoms with Gasteiger partial charge in [-0.15, -0.1) is 0 Å². The van der Waals surface area contributed by atoms with Gasteiger partial charge in [-0.25, -0.2) is 4.79 Å². The predicted octanol–water partition coefficient (Wildman–Crippen LogP) is 2.08. The molecule has 3 amide bonds. The lowest BCUT2D eigenvalue weighted by molar-refractivity contribution is -0.147. The van der Waals surface area contributed by atoms with Crippen molar-refractivity contribution in [3.05, 3.63) is 35.9 Å². The third-order valence-electron chi connectivity index (χ3n) is 4.84. The molecule has 1 heterocycles. The standard InChI is InChI=1S/C20H29N3O4/c1-13(2)17(22-20(27)21-10-15-7-5-4-6-8-15)18(24)23-11-14(3)9-16(12-23)19(25)26/h4-8,13-14,16-17H,9-12H2,1-3H3,(H,25,26)(H2,21,22,27). The number of hydrogen-bond donors (Lipinski definition) is 3. The fourth-order valence-electron chi connectivity index (χ4n) is 3.39. The molecule has 0 radical (unpaired) electrons. The third kappa shape index (κ3) is 5.98. The normalized spacial score (nSPS) is 20.8. The van der Waals surface area contributed by atoms with E-state index in [1.54, 1.807) is 4.90 Å². The quantitative estimate of drug-likeness (QED) is 0.709. The molecule has 1 aliphatic rings. The van der Waals surface area contributed by atoms with Crippen LogP contribution in [0.1, 0.15) is 32.8 Å². The largest absolute Gasteiger partial charge is 0.481 e. The summed E-state index contributed by atoms with van der Waals surface area (Å²) in [5.74, 6) is -1.66. The van der Waals surface area contributed by atoms with Crippen LogP contribution in [0.25, 0.3) is 0 Å². The summed E-state index contributed by atoms with van der Waals surface area (Å²) in [6, 6.07) is 8.41. The van der Waals surface area contributed by atoms with Crippen LogP contribution >= 0.6 is 0 Å². The van der Waals surface area contributed by atoms with Gasteiger partial charge < -0.3 is 20.6 Å². The van der Waals surface area contributed by atoms with Crippen LogP contribution in [0.15, 0.2) is 30.3 Å². The zero-order valence-corrected chi connectivity index (χ0v) is 16.1. The van der Waals surface area contributed by atoms with E-state index in [1.165, 1.54) is 0 Å². The molecule has 1 aromatic rings. The Bertz CT molecular complexity index is 662. The lowest BCUT2D eigenvalue weighted by Crippen LogP contribution is -2.56. The molecule has 1 aliphatic heterocycles. The Morgan fingerprint density at radius 1 is 1.19 bits per heavy atom. The zero-order valence-electron chi connectivity index (χ0n) is 16.1. The maximum atomic E-state index is 13.0. The van der Waals surface area contributed by atoms with Crippen molar-refractivity contribution in [2.75, 3.05) is 13.1 Å². The van der Waals surface area contributed by atoms with Crippen LogP contribution in [0.5, 0.6) is 0 Å². The summed E-state index contributed by atoms with van der Waals surface area (Å²) in [5.41, 5.74) is 0.967. The molecule has 0 saturated carbocycles. The summed E-state index contributed by atoms with van der Waals surface area (Å²) in [6.07, 6.45) is 0.566. The maximum absolute atomic E-state index is 13.0. The topological polar surface area (TPSA) is 98.7 Å². The second-order valence-electron chi connectivity index (χ2n) is 7.65. The number of carbonyl (C=O) groups excluding carboxylic acids is 2. The summed E-state index contributed by atoms with van der Waals surface area (Å²) in [6.45, 7) is 6.74. The average molecular weight is 375 g/mol. The van der Waals surface area contributed by atoms with Gasteiger partial charge in [-0.1, -0.05) is 51.1 Å². The molecule has 7 nitrogen and oxygen atoms in total. The van der Waals surface area contributed by atoms with Crippen molar-refractivity contribution in [3.8, 4) is 0 Å². The zero-order chi connectivity index (χ0) is 20.0. The maximum Gasteiger partial charge on any atom is 0.315 e. The molecule has 0 bridgehead atoms. The number of hydrogen-bond acceptors (Lipinski definition) is 3. The molecular formula is C20H29N3O4. The van der Waals surface area contributed by atoms with Crippen molar-refractivity contribution >= 4 is 17.9 Å². The van der Waals surface area contributed by atoms with Gasteiger partial charge in [0.05, 0.1) is 5.92 Å².